The molecule has 0 bridgehead atoms. The Hall–Kier alpha value is -1.85. The molecule has 0 amide bonds. The van der Waals surface area contributed by atoms with Crippen LogP contribution in [0.1, 0.15) is 19.3 Å². The van der Waals surface area contributed by atoms with E-state index >= 15 is 0 Å². The predicted molar refractivity (Wildman–Crippen MR) is 68.6 cm³/mol. The third kappa shape index (κ3) is 3.09. The van der Waals surface area contributed by atoms with Gasteiger partial charge in [0.25, 0.3) is 0 Å². The highest BCUT2D eigenvalue weighted by Gasteiger charge is 2.18. The Labute approximate surface area is 106 Å². The lowest BCUT2D eigenvalue weighted by atomic mass is 9.93. The van der Waals surface area contributed by atoms with Crippen LogP contribution in [-0.2, 0) is 9.53 Å². The van der Waals surface area contributed by atoms with E-state index in [1.165, 1.54) is 32.7 Å². The maximum atomic E-state index is 11.2. The molecule has 0 spiro atoms. The summed E-state index contributed by atoms with van der Waals surface area (Å²) in [4.78, 5) is 21.2. The molecule has 2 rings (SSSR count). The molecule has 0 atom stereocenters. The van der Waals surface area contributed by atoms with Gasteiger partial charge in [-0.15, -0.1) is 0 Å². The minimum Gasteiger partial charge on any atom is -0.468 e. The molecule has 1 aromatic heterocycles. The molecule has 6 heteroatoms. The number of esters is 1. The van der Waals surface area contributed by atoms with Gasteiger partial charge in [-0.2, -0.15) is 0 Å². The van der Waals surface area contributed by atoms with Gasteiger partial charge >= 0.3 is 5.97 Å². The fraction of sp³-hybridized carbons (Fsp3) is 0.583. The van der Waals surface area contributed by atoms with Crippen LogP contribution in [0.2, 0.25) is 0 Å². The first-order chi connectivity index (χ1) is 8.69. The van der Waals surface area contributed by atoms with E-state index in [1.807, 2.05) is 6.07 Å². The quantitative estimate of drug-likeness (QED) is 0.788. The van der Waals surface area contributed by atoms with E-state index in [0.717, 1.165) is 5.82 Å². The number of methoxy groups -OCH3 is 1. The second kappa shape index (κ2) is 5.66. The molecule has 1 saturated carbocycles. The molecule has 1 aliphatic carbocycles. The summed E-state index contributed by atoms with van der Waals surface area (Å²) in [6, 6.07) is 2.38. The molecule has 6 nitrogen and oxygen atoms in total. The number of carbonyl (C=O) groups is 1. The van der Waals surface area contributed by atoms with Crippen molar-refractivity contribution in [3.05, 3.63) is 12.4 Å². The third-order valence-electron chi connectivity index (χ3n) is 3.09. The van der Waals surface area contributed by atoms with E-state index in [9.17, 15) is 4.79 Å². The van der Waals surface area contributed by atoms with Crippen molar-refractivity contribution in [3.63, 3.8) is 0 Å². The average molecular weight is 250 g/mol. The lowest BCUT2D eigenvalue weighted by Crippen LogP contribution is -2.29. The Morgan fingerprint density at radius 1 is 1.56 bits per heavy atom. The average Bonchev–Trinajstić information content (AvgIpc) is 2.34. The van der Waals surface area contributed by atoms with Crippen LogP contribution in [0.4, 0.5) is 11.6 Å². The summed E-state index contributed by atoms with van der Waals surface area (Å²) >= 11 is 0. The van der Waals surface area contributed by atoms with E-state index in [-0.39, 0.29) is 12.5 Å². The monoisotopic (exact) mass is 250 g/mol. The number of likely N-dealkylation sites (N-methyl/N-ethyl adjacent to an activating group) is 1. The van der Waals surface area contributed by atoms with Crippen LogP contribution in [0.5, 0.6) is 0 Å². The highest BCUT2D eigenvalue weighted by molar-refractivity contribution is 5.75. The maximum Gasteiger partial charge on any atom is 0.325 e. The van der Waals surface area contributed by atoms with Gasteiger partial charge < -0.3 is 15.0 Å². The Bertz CT molecular complexity index is 420. The van der Waals surface area contributed by atoms with E-state index in [1.54, 1.807) is 11.9 Å². The standard InChI is InChI=1S/C12H18N4O2/c1-16(7-12(17)18-2)11-6-10(13-8-14-11)15-9-4-3-5-9/h6,8-9H,3-5,7H2,1-2H3,(H,13,14,15). The normalized spacial score (nSPS) is 14.8. The summed E-state index contributed by atoms with van der Waals surface area (Å²) in [7, 11) is 3.17. The number of anilines is 2. The van der Waals surface area contributed by atoms with Crippen molar-refractivity contribution in [2.24, 2.45) is 0 Å². The summed E-state index contributed by atoms with van der Waals surface area (Å²) in [6.45, 7) is 0.177. The minimum atomic E-state index is -0.287. The largest absolute Gasteiger partial charge is 0.468 e. The fourth-order valence-corrected chi connectivity index (χ4v) is 1.74. The number of rotatable bonds is 5. The number of nitrogens with one attached hydrogen (secondary N) is 1. The summed E-state index contributed by atoms with van der Waals surface area (Å²) < 4.78 is 4.62. The molecule has 0 aromatic carbocycles. The maximum absolute atomic E-state index is 11.2. The van der Waals surface area contributed by atoms with Gasteiger partial charge in [0.1, 0.15) is 24.5 Å². The molecular formula is C12H18N4O2. The van der Waals surface area contributed by atoms with Gasteiger partial charge in [-0.1, -0.05) is 0 Å². The second-order valence-corrected chi connectivity index (χ2v) is 4.47. The number of nitrogens with zero attached hydrogens (tertiary/aromatic N) is 3. The van der Waals surface area contributed by atoms with E-state index < -0.39 is 0 Å². The first-order valence-corrected chi connectivity index (χ1v) is 6.05. The van der Waals surface area contributed by atoms with Gasteiger partial charge in [-0.05, 0) is 19.3 Å². The number of hydrogen-bond donors (Lipinski definition) is 1. The summed E-state index contributed by atoms with van der Waals surface area (Å²) in [5, 5.41) is 3.35. The van der Waals surface area contributed by atoms with Crippen LogP contribution in [-0.4, -0.2) is 42.7 Å². The zero-order valence-corrected chi connectivity index (χ0v) is 10.7. The number of aromatic nitrogens is 2. The zero-order chi connectivity index (χ0) is 13.0. The fourth-order valence-electron chi connectivity index (χ4n) is 1.74. The van der Waals surface area contributed by atoms with Crippen molar-refractivity contribution in [1.29, 1.82) is 0 Å². The van der Waals surface area contributed by atoms with Crippen molar-refractivity contribution < 1.29 is 9.53 Å². The van der Waals surface area contributed by atoms with Gasteiger partial charge in [0.05, 0.1) is 7.11 Å². The highest BCUT2D eigenvalue weighted by Crippen LogP contribution is 2.23. The molecule has 0 saturated heterocycles. The molecule has 1 N–H and O–H groups in total. The van der Waals surface area contributed by atoms with Gasteiger partial charge in [0, 0.05) is 19.2 Å². The van der Waals surface area contributed by atoms with Crippen LogP contribution in [0, 0.1) is 0 Å². The number of ether oxygens (including phenoxy) is 1. The van der Waals surface area contributed by atoms with Crippen LogP contribution in [0.25, 0.3) is 0 Å². The summed E-state index contributed by atoms with van der Waals surface area (Å²) in [6.07, 6.45) is 5.16. The summed E-state index contributed by atoms with van der Waals surface area (Å²) in [5.74, 6) is 1.23. The van der Waals surface area contributed by atoms with E-state index in [2.05, 4.69) is 20.0 Å². The van der Waals surface area contributed by atoms with Gasteiger partial charge in [0.2, 0.25) is 0 Å². The predicted octanol–water partition coefficient (Wildman–Crippen LogP) is 1.05. The first kappa shape index (κ1) is 12.6. The van der Waals surface area contributed by atoms with Crippen molar-refractivity contribution >= 4 is 17.6 Å². The number of hydrogen-bond acceptors (Lipinski definition) is 6. The Morgan fingerprint density at radius 3 is 2.94 bits per heavy atom. The van der Waals surface area contributed by atoms with Crippen molar-refractivity contribution in [2.75, 3.05) is 30.9 Å². The van der Waals surface area contributed by atoms with Gasteiger partial charge in [-0.25, -0.2) is 9.97 Å². The van der Waals surface area contributed by atoms with Crippen LogP contribution < -0.4 is 10.2 Å². The number of carbonyl (C=O) groups excluding carboxylic acids is 1. The molecule has 98 valence electrons. The Kier molecular flexibility index (Phi) is 3.96. The molecule has 1 fully saturated rings. The van der Waals surface area contributed by atoms with Crippen LogP contribution >= 0.6 is 0 Å². The molecule has 18 heavy (non-hydrogen) atoms. The van der Waals surface area contributed by atoms with E-state index in [0.29, 0.717) is 11.9 Å². The van der Waals surface area contributed by atoms with Crippen molar-refractivity contribution in [1.82, 2.24) is 9.97 Å². The second-order valence-electron chi connectivity index (χ2n) is 4.47. The lowest BCUT2D eigenvalue weighted by molar-refractivity contribution is -0.138. The Morgan fingerprint density at radius 2 is 2.33 bits per heavy atom. The topological polar surface area (TPSA) is 67.3 Å². The van der Waals surface area contributed by atoms with Crippen molar-refractivity contribution in [3.8, 4) is 0 Å². The minimum absolute atomic E-state index is 0.177. The van der Waals surface area contributed by atoms with Gasteiger partial charge in [-0.3, -0.25) is 4.79 Å². The lowest BCUT2D eigenvalue weighted by Gasteiger charge is -2.27. The molecule has 0 aliphatic heterocycles. The first-order valence-electron chi connectivity index (χ1n) is 6.05. The zero-order valence-electron chi connectivity index (χ0n) is 10.7. The molecule has 1 aliphatic rings. The Balaban J connectivity index is 1.98. The molecule has 1 heterocycles. The molecular weight excluding hydrogens is 232 g/mol. The van der Waals surface area contributed by atoms with Gasteiger partial charge in [0.15, 0.2) is 0 Å². The third-order valence-corrected chi connectivity index (χ3v) is 3.09. The molecule has 0 unspecified atom stereocenters. The van der Waals surface area contributed by atoms with Crippen molar-refractivity contribution in [2.45, 2.75) is 25.3 Å². The SMILES string of the molecule is COC(=O)CN(C)c1cc(NC2CCC2)ncn1. The molecule has 1 aromatic rings. The molecule has 0 radical (unpaired) electrons. The summed E-state index contributed by atoms with van der Waals surface area (Å²) in [5.41, 5.74) is 0. The van der Waals surface area contributed by atoms with E-state index in [4.69, 9.17) is 0 Å². The van der Waals surface area contributed by atoms with Crippen LogP contribution in [0.15, 0.2) is 12.4 Å². The smallest absolute Gasteiger partial charge is 0.325 e. The van der Waals surface area contributed by atoms with Crippen LogP contribution in [0.3, 0.4) is 0 Å². The highest BCUT2D eigenvalue weighted by atomic mass is 16.5.